The lowest BCUT2D eigenvalue weighted by Gasteiger charge is -2.31. The van der Waals surface area contributed by atoms with E-state index in [9.17, 15) is 9.59 Å². The number of hydrogen-bond donors (Lipinski definition) is 3. The first-order chi connectivity index (χ1) is 10.2. The Balaban J connectivity index is 0. The van der Waals surface area contributed by atoms with E-state index in [1.54, 1.807) is 0 Å². The maximum atomic E-state index is 11.7. The Bertz CT molecular complexity index is 325. The smallest absolute Gasteiger partial charge is 0.234 e. The molecule has 0 aromatic carbocycles. The molecule has 1 aliphatic heterocycles. The van der Waals surface area contributed by atoms with Crippen molar-refractivity contribution >= 4 is 36.6 Å². The summed E-state index contributed by atoms with van der Waals surface area (Å²) in [7, 11) is 1.89. The number of halogens is 2. The van der Waals surface area contributed by atoms with Gasteiger partial charge in [0.1, 0.15) is 0 Å². The number of amides is 2. The summed E-state index contributed by atoms with van der Waals surface area (Å²) in [5.41, 5.74) is 0. The highest BCUT2D eigenvalue weighted by molar-refractivity contribution is 5.85. The van der Waals surface area contributed by atoms with Crippen LogP contribution in [0, 0.1) is 0 Å². The molecule has 0 aromatic heterocycles. The Hall–Kier alpha value is -0.560. The molecular weight excluding hydrogens is 339 g/mol. The zero-order chi connectivity index (χ0) is 15.5. The first-order valence-electron chi connectivity index (χ1n) is 8.08. The minimum Gasteiger partial charge on any atom is -0.355 e. The lowest BCUT2D eigenvalue weighted by Crippen LogP contribution is -2.47. The number of nitrogens with one attached hydrogen (secondary N) is 3. The van der Waals surface area contributed by atoms with Gasteiger partial charge in [-0.25, -0.2) is 0 Å². The van der Waals surface area contributed by atoms with E-state index < -0.39 is 0 Å². The van der Waals surface area contributed by atoms with Gasteiger partial charge in [-0.05, 0) is 39.3 Å². The Morgan fingerprint density at radius 1 is 1.09 bits per heavy atom. The van der Waals surface area contributed by atoms with E-state index >= 15 is 0 Å². The van der Waals surface area contributed by atoms with Crippen LogP contribution in [-0.2, 0) is 9.59 Å². The largest absolute Gasteiger partial charge is 0.355 e. The highest BCUT2D eigenvalue weighted by atomic mass is 35.5. The highest BCUT2D eigenvalue weighted by Crippen LogP contribution is 2.10. The van der Waals surface area contributed by atoms with Gasteiger partial charge in [0.15, 0.2) is 0 Å². The molecule has 1 rings (SSSR count). The summed E-state index contributed by atoms with van der Waals surface area (Å²) >= 11 is 0. The fourth-order valence-electron chi connectivity index (χ4n) is 2.48. The first kappa shape index (κ1) is 24.7. The fraction of sp³-hybridized carbons (Fsp3) is 0.867. The molecule has 0 radical (unpaired) electrons. The summed E-state index contributed by atoms with van der Waals surface area (Å²) in [6, 6.07) is 0.266. The molecule has 8 heteroatoms. The Morgan fingerprint density at radius 3 is 2.30 bits per heavy atom. The minimum absolute atomic E-state index is 0. The van der Waals surface area contributed by atoms with Gasteiger partial charge < -0.3 is 16.0 Å². The SMILES string of the molecule is CCCNC(=O)CN1CCC(NC(=O)CCCNC)CC1.Cl.Cl. The van der Waals surface area contributed by atoms with Crippen LogP contribution in [0.25, 0.3) is 0 Å². The number of rotatable bonds is 9. The van der Waals surface area contributed by atoms with Crippen molar-refractivity contribution in [3.05, 3.63) is 0 Å². The molecule has 0 spiro atoms. The van der Waals surface area contributed by atoms with Crippen LogP contribution in [0.2, 0.25) is 0 Å². The quantitative estimate of drug-likeness (QED) is 0.528. The van der Waals surface area contributed by atoms with Crippen LogP contribution in [0.4, 0.5) is 0 Å². The van der Waals surface area contributed by atoms with E-state index in [1.807, 2.05) is 14.0 Å². The normalized spacial score (nSPS) is 15.2. The van der Waals surface area contributed by atoms with Crippen LogP contribution < -0.4 is 16.0 Å². The third-order valence-electron chi connectivity index (χ3n) is 3.72. The molecule has 3 N–H and O–H groups in total. The van der Waals surface area contributed by atoms with Crippen molar-refractivity contribution in [3.8, 4) is 0 Å². The number of carbonyl (C=O) groups is 2. The zero-order valence-corrected chi connectivity index (χ0v) is 15.9. The zero-order valence-electron chi connectivity index (χ0n) is 14.2. The predicted octanol–water partition coefficient (Wildman–Crippen LogP) is 0.936. The van der Waals surface area contributed by atoms with E-state index in [-0.39, 0.29) is 42.7 Å². The second-order valence-corrected chi connectivity index (χ2v) is 5.67. The van der Waals surface area contributed by atoms with Crippen molar-refractivity contribution in [2.75, 3.05) is 39.8 Å². The lowest BCUT2D eigenvalue weighted by atomic mass is 10.0. The van der Waals surface area contributed by atoms with Crippen LogP contribution in [-0.4, -0.2) is 62.5 Å². The number of hydrogen-bond acceptors (Lipinski definition) is 4. The van der Waals surface area contributed by atoms with Gasteiger partial charge in [-0.3, -0.25) is 14.5 Å². The fourth-order valence-corrected chi connectivity index (χ4v) is 2.48. The van der Waals surface area contributed by atoms with Crippen LogP contribution in [0.1, 0.15) is 39.0 Å². The summed E-state index contributed by atoms with van der Waals surface area (Å²) in [6.45, 7) is 5.90. The van der Waals surface area contributed by atoms with Crippen molar-refractivity contribution in [2.24, 2.45) is 0 Å². The number of likely N-dealkylation sites (tertiary alicyclic amines) is 1. The second-order valence-electron chi connectivity index (χ2n) is 5.67. The van der Waals surface area contributed by atoms with Gasteiger partial charge in [0.25, 0.3) is 0 Å². The highest BCUT2D eigenvalue weighted by Gasteiger charge is 2.21. The molecule has 0 unspecified atom stereocenters. The van der Waals surface area contributed by atoms with Gasteiger partial charge in [0.2, 0.25) is 11.8 Å². The number of carbonyl (C=O) groups excluding carboxylic acids is 2. The molecule has 6 nitrogen and oxygen atoms in total. The average Bonchev–Trinajstić information content (AvgIpc) is 2.47. The molecule has 1 heterocycles. The molecule has 0 aliphatic carbocycles. The van der Waals surface area contributed by atoms with Gasteiger partial charge in [0, 0.05) is 32.1 Å². The number of nitrogens with zero attached hydrogens (tertiary/aromatic N) is 1. The summed E-state index contributed by atoms with van der Waals surface area (Å²) in [6.07, 6.45) is 4.28. The van der Waals surface area contributed by atoms with Crippen LogP contribution in [0.15, 0.2) is 0 Å². The maximum absolute atomic E-state index is 11.7. The average molecular weight is 371 g/mol. The van der Waals surface area contributed by atoms with Crippen LogP contribution >= 0.6 is 24.8 Å². The Labute approximate surface area is 152 Å². The monoisotopic (exact) mass is 370 g/mol. The predicted molar refractivity (Wildman–Crippen MR) is 98.6 cm³/mol. The van der Waals surface area contributed by atoms with Crippen LogP contribution in [0.3, 0.4) is 0 Å². The Morgan fingerprint density at radius 2 is 1.74 bits per heavy atom. The molecular formula is C15H32Cl2N4O2. The molecule has 1 fully saturated rings. The van der Waals surface area contributed by atoms with Crippen molar-refractivity contribution in [3.63, 3.8) is 0 Å². The summed E-state index contributed by atoms with van der Waals surface area (Å²) < 4.78 is 0. The van der Waals surface area contributed by atoms with Crippen molar-refractivity contribution in [1.82, 2.24) is 20.9 Å². The van der Waals surface area contributed by atoms with E-state index in [1.165, 1.54) is 0 Å². The third-order valence-corrected chi connectivity index (χ3v) is 3.72. The molecule has 1 aliphatic rings. The molecule has 0 saturated carbocycles. The molecule has 1 saturated heterocycles. The maximum Gasteiger partial charge on any atom is 0.234 e. The molecule has 0 atom stereocenters. The van der Waals surface area contributed by atoms with Gasteiger partial charge in [0.05, 0.1) is 6.54 Å². The Kier molecular flexibility index (Phi) is 16.1. The summed E-state index contributed by atoms with van der Waals surface area (Å²) in [5, 5.41) is 9.03. The van der Waals surface area contributed by atoms with Gasteiger partial charge >= 0.3 is 0 Å². The van der Waals surface area contributed by atoms with E-state index in [0.717, 1.165) is 51.9 Å². The van der Waals surface area contributed by atoms with E-state index in [4.69, 9.17) is 0 Å². The molecule has 0 bridgehead atoms. The van der Waals surface area contributed by atoms with Gasteiger partial charge in [-0.2, -0.15) is 0 Å². The van der Waals surface area contributed by atoms with Crippen LogP contribution in [0.5, 0.6) is 0 Å². The van der Waals surface area contributed by atoms with E-state index in [0.29, 0.717) is 13.0 Å². The lowest BCUT2D eigenvalue weighted by molar-refractivity contribution is -0.124. The van der Waals surface area contributed by atoms with Gasteiger partial charge in [-0.15, -0.1) is 24.8 Å². The standard InChI is InChI=1S/C15H30N4O2.2ClH/c1-3-8-17-15(21)12-19-10-6-13(7-11-19)18-14(20)5-4-9-16-2;;/h13,16H,3-12H2,1-2H3,(H,17,21)(H,18,20);2*1H. The third kappa shape index (κ3) is 11.6. The van der Waals surface area contributed by atoms with Crippen molar-refractivity contribution < 1.29 is 9.59 Å². The van der Waals surface area contributed by atoms with E-state index in [2.05, 4.69) is 20.9 Å². The topological polar surface area (TPSA) is 73.5 Å². The first-order valence-corrected chi connectivity index (χ1v) is 8.08. The van der Waals surface area contributed by atoms with Gasteiger partial charge in [-0.1, -0.05) is 6.92 Å². The van der Waals surface area contributed by atoms with Crippen molar-refractivity contribution in [1.29, 1.82) is 0 Å². The molecule has 23 heavy (non-hydrogen) atoms. The van der Waals surface area contributed by atoms with Crippen molar-refractivity contribution in [2.45, 2.75) is 45.1 Å². The summed E-state index contributed by atoms with van der Waals surface area (Å²) in [5.74, 6) is 0.246. The molecule has 2 amide bonds. The molecule has 0 aromatic rings. The molecule has 138 valence electrons. The second kappa shape index (κ2) is 15.0. The minimum atomic E-state index is 0. The number of piperidine rings is 1. The summed E-state index contributed by atoms with van der Waals surface area (Å²) in [4.78, 5) is 25.6.